The molecule has 0 radical (unpaired) electrons. The smallest absolute Gasteiger partial charge is 0.243 e. The van der Waals surface area contributed by atoms with Crippen LogP contribution in [0.5, 0.6) is 0 Å². The third-order valence-electron chi connectivity index (χ3n) is 19.6. The summed E-state index contributed by atoms with van der Waals surface area (Å²) < 4.78 is 0. The quantitative estimate of drug-likeness (QED) is 0.00879. The van der Waals surface area contributed by atoms with Crippen LogP contribution in [0.4, 0.5) is 0 Å². The zero-order valence-corrected chi connectivity index (χ0v) is 64.5. The summed E-state index contributed by atoms with van der Waals surface area (Å²) >= 11 is 0. The molecule has 0 heterocycles. The van der Waals surface area contributed by atoms with Crippen LogP contribution in [0.1, 0.15) is 95.1 Å². The number of nitrogens with one attached hydrogen (secondary N) is 21. The van der Waals surface area contributed by atoms with Gasteiger partial charge in [-0.3, -0.25) is 80.4 Å². The minimum atomic E-state index is -1.55. The van der Waals surface area contributed by atoms with Crippen molar-refractivity contribution in [3.05, 3.63) is 120 Å². The standard InChI is InChI=1S/C78H106N28O10/c1-41(107)99-53(15-5-33-93-74(82)83)67(111)102-55(17-7-35-95-76(86)87)69(113)104-57(19-9-37-97-78(90)91)71(115)106-58(38-48-26-24-46-22-20-42-10-2-12-44-28-30-50(48)63(46)61(42)44)66(110)98-40-60(108)100-59(39-49-27-25-47-23-21-43-11-3-13-45-29-31-51(49)64(47)62(43)45)72(116)105-56(18-8-36-96-77(88)89)70(114)103-54(16-6-34-94-75(84)85)68(112)101-52(65(79)109)14-4-32-92-73(80)81/h2-3,10-13,20-31,52-59H,4-9,14-19,32-40H2,1H3,(H2,79,109)(H,98,110)(H,99,107)(H,100,108)(H,101,112)(H,102,111)(H,103,114)(H,104,113)(H,105,116)(H,106,115)(H4,80,81,92)(H4,82,83,93)(H4,84,85,94)(H4,86,87,95)(H4,88,89,96)(H4,90,91,97)/t52-,53-,54-,55-,56-,57-,58-,59-/m0/s1. The summed E-state index contributed by atoms with van der Waals surface area (Å²) in [5.41, 5.74) is 40.2. The van der Waals surface area contributed by atoms with E-state index >= 15 is 14.4 Å². The molecule has 116 heavy (non-hydrogen) atoms. The van der Waals surface area contributed by atoms with Gasteiger partial charge in [-0.25, -0.2) is 0 Å². The highest BCUT2D eigenvalue weighted by atomic mass is 16.2. The van der Waals surface area contributed by atoms with E-state index in [-0.39, 0.29) is 165 Å². The maximum Gasteiger partial charge on any atom is 0.243 e. The first kappa shape index (κ1) is 87.7. The van der Waals surface area contributed by atoms with E-state index in [0.29, 0.717) is 11.1 Å². The highest BCUT2D eigenvalue weighted by Crippen LogP contribution is 2.38. The van der Waals surface area contributed by atoms with Crippen molar-refractivity contribution in [3.63, 3.8) is 0 Å². The van der Waals surface area contributed by atoms with Gasteiger partial charge in [0.25, 0.3) is 0 Å². The molecule has 0 unspecified atom stereocenters. The van der Waals surface area contributed by atoms with E-state index in [1.54, 1.807) is 0 Å². The van der Waals surface area contributed by atoms with E-state index < -0.39 is 114 Å². The van der Waals surface area contributed by atoms with Crippen molar-refractivity contribution >= 4 is 159 Å². The molecular weight excluding hydrogens is 1490 g/mol. The van der Waals surface area contributed by atoms with Gasteiger partial charge in [0.1, 0.15) is 48.3 Å². The van der Waals surface area contributed by atoms with Crippen LogP contribution in [0.25, 0.3) is 64.6 Å². The third kappa shape index (κ3) is 25.9. The Kier molecular flexibility index (Phi) is 32.3. The number of amides is 10. The summed E-state index contributed by atoms with van der Waals surface area (Å²) in [6.07, 6.45) is 0.0770. The van der Waals surface area contributed by atoms with E-state index in [4.69, 9.17) is 72.6 Å². The summed E-state index contributed by atoms with van der Waals surface area (Å²) in [5.74, 6) is -10.6. The predicted molar refractivity (Wildman–Crippen MR) is 446 cm³/mol. The van der Waals surface area contributed by atoms with Crippen LogP contribution >= 0.6 is 0 Å². The van der Waals surface area contributed by atoms with Gasteiger partial charge >= 0.3 is 0 Å². The topological polar surface area (TPSA) is 676 Å². The molecule has 38 nitrogen and oxygen atoms in total. The van der Waals surface area contributed by atoms with Crippen molar-refractivity contribution in [1.29, 1.82) is 32.5 Å². The lowest BCUT2D eigenvalue weighted by atomic mass is 9.90. The van der Waals surface area contributed by atoms with Crippen molar-refractivity contribution in [2.45, 2.75) is 145 Å². The van der Waals surface area contributed by atoms with Gasteiger partial charge in [-0.1, -0.05) is 109 Å². The van der Waals surface area contributed by atoms with Crippen LogP contribution in [-0.2, 0) is 60.8 Å². The zero-order chi connectivity index (χ0) is 84.1. The molecule has 0 aliphatic carbocycles. The number of rotatable bonds is 46. The Labute approximate surface area is 668 Å². The molecule has 8 aromatic carbocycles. The normalized spacial score (nSPS) is 13.2. The summed E-state index contributed by atoms with van der Waals surface area (Å²) in [5, 5.41) is 97.1. The van der Waals surface area contributed by atoms with E-state index in [0.717, 1.165) is 64.6 Å². The van der Waals surface area contributed by atoms with Gasteiger partial charge in [0.05, 0.1) is 6.54 Å². The van der Waals surface area contributed by atoms with Crippen molar-refractivity contribution in [2.75, 3.05) is 45.8 Å². The molecule has 0 fully saturated rings. The third-order valence-corrected chi connectivity index (χ3v) is 19.6. The van der Waals surface area contributed by atoms with E-state index in [9.17, 15) is 33.6 Å². The summed E-state index contributed by atoms with van der Waals surface area (Å²) in [6.45, 7) is 0.953. The summed E-state index contributed by atoms with van der Waals surface area (Å²) in [4.78, 5) is 144. The second-order valence-corrected chi connectivity index (χ2v) is 28.3. The van der Waals surface area contributed by atoms with Gasteiger partial charge in [0.15, 0.2) is 35.8 Å². The molecule has 0 bridgehead atoms. The fourth-order valence-electron chi connectivity index (χ4n) is 14.0. The average molecular weight is 1600 g/mol. The minimum absolute atomic E-state index is 0.0100. The lowest BCUT2D eigenvalue weighted by Gasteiger charge is -2.27. The Morgan fingerprint density at radius 2 is 0.534 bits per heavy atom. The molecule has 35 N–H and O–H groups in total. The minimum Gasteiger partial charge on any atom is -0.370 e. The first-order chi connectivity index (χ1) is 55.4. The zero-order valence-electron chi connectivity index (χ0n) is 64.5. The molecule has 8 atom stereocenters. The molecule has 0 saturated heterocycles. The first-order valence-electron chi connectivity index (χ1n) is 38.2. The maximum absolute atomic E-state index is 15.5. The van der Waals surface area contributed by atoms with Crippen molar-refractivity contribution in [2.24, 2.45) is 40.1 Å². The van der Waals surface area contributed by atoms with Crippen molar-refractivity contribution in [1.82, 2.24) is 79.8 Å². The number of carbonyl (C=O) groups excluding carboxylic acids is 10. The van der Waals surface area contributed by atoms with Gasteiger partial charge in [-0.2, -0.15) is 0 Å². The van der Waals surface area contributed by atoms with Crippen LogP contribution in [0.3, 0.4) is 0 Å². The Bertz CT molecular complexity index is 4890. The molecule has 0 aliphatic rings. The molecule has 618 valence electrons. The number of nitrogens with two attached hydrogens (primary N) is 7. The second kappa shape index (κ2) is 42.7. The molecule has 0 aromatic heterocycles. The van der Waals surface area contributed by atoms with E-state index in [2.05, 4.69) is 79.8 Å². The summed E-state index contributed by atoms with van der Waals surface area (Å²) in [6, 6.07) is 23.5. The second-order valence-electron chi connectivity index (χ2n) is 28.3. The molecular formula is C78H106N28O10. The van der Waals surface area contributed by atoms with Crippen LogP contribution < -0.4 is 120 Å². The Morgan fingerprint density at radius 1 is 0.284 bits per heavy atom. The number of carbonyl (C=O) groups is 10. The first-order valence-corrected chi connectivity index (χ1v) is 38.2. The van der Waals surface area contributed by atoms with Crippen LogP contribution in [0.2, 0.25) is 0 Å². The maximum atomic E-state index is 15.5. The van der Waals surface area contributed by atoms with Gasteiger partial charge in [-0.15, -0.1) is 0 Å². The van der Waals surface area contributed by atoms with Crippen LogP contribution in [0, 0.1) is 32.5 Å². The fraction of sp³-hybridized carbons (Fsp3) is 0.385. The number of benzene rings is 8. The molecule has 0 saturated carbocycles. The van der Waals surface area contributed by atoms with Crippen molar-refractivity contribution in [3.8, 4) is 0 Å². The van der Waals surface area contributed by atoms with E-state index in [1.165, 1.54) is 6.92 Å². The highest BCUT2D eigenvalue weighted by molar-refractivity contribution is 6.25. The van der Waals surface area contributed by atoms with Crippen molar-refractivity contribution < 1.29 is 47.9 Å². The Balaban J connectivity index is 1.13. The number of hydrogen-bond donors (Lipinski definition) is 28. The molecule has 8 rings (SSSR count). The molecule has 0 aliphatic heterocycles. The monoisotopic (exact) mass is 1590 g/mol. The van der Waals surface area contributed by atoms with Gasteiger partial charge < -0.3 is 120 Å². The molecule has 0 spiro atoms. The average Bonchev–Trinajstić information content (AvgIpc) is 0.746. The Hall–Kier alpha value is -13.8. The SMILES string of the molecule is CC(=O)N[C@@H](CCCNC(=N)N)C(=O)N[C@@H](CCCNC(=N)N)C(=O)N[C@@H](CCCNC(=N)N)C(=O)N[C@@H](Cc1ccc2ccc3cccc4ccc1c2c34)C(=O)NCC(=O)N[C@@H](Cc1ccc2ccc3cccc4ccc1c2c34)C(=O)N[C@@H](CCCNC(=N)N)C(=O)N[C@@H](CCCNC(=N)N)C(=O)N[C@@H](CCCNC(=N)N)C(N)=O. The van der Waals surface area contributed by atoms with Gasteiger partial charge in [-0.05, 0) is 153 Å². The van der Waals surface area contributed by atoms with Gasteiger partial charge in [0.2, 0.25) is 59.1 Å². The molecule has 10 amide bonds. The number of guanidine groups is 6. The largest absolute Gasteiger partial charge is 0.370 e. The summed E-state index contributed by atoms with van der Waals surface area (Å²) in [7, 11) is 0. The fourth-order valence-corrected chi connectivity index (χ4v) is 14.0. The van der Waals surface area contributed by atoms with Gasteiger partial charge in [0, 0.05) is 59.0 Å². The Morgan fingerprint density at radius 3 is 0.836 bits per heavy atom. The molecule has 8 aromatic rings. The van der Waals surface area contributed by atoms with E-state index in [1.807, 2.05) is 109 Å². The molecule has 38 heteroatoms. The van der Waals surface area contributed by atoms with Crippen LogP contribution in [0.15, 0.2) is 109 Å². The lowest BCUT2D eigenvalue weighted by molar-refractivity contribution is -0.135. The lowest BCUT2D eigenvalue weighted by Crippen LogP contribution is -2.59. The van der Waals surface area contributed by atoms with Crippen LogP contribution in [-0.4, -0.2) is 189 Å². The number of hydrogen-bond acceptors (Lipinski definition) is 16. The predicted octanol–water partition coefficient (Wildman–Crippen LogP) is -1.65. The highest BCUT2D eigenvalue weighted by Gasteiger charge is 2.35. The number of primary amides is 1.